The molecule has 0 radical (unpaired) electrons. The van der Waals surface area contributed by atoms with Crippen LogP contribution in [0.3, 0.4) is 0 Å². The summed E-state index contributed by atoms with van der Waals surface area (Å²) in [6, 6.07) is 3.66. The number of morpholine rings is 1. The largest absolute Gasteiger partial charge is 0.479 e. The second-order valence-electron chi connectivity index (χ2n) is 6.22. The van der Waals surface area contributed by atoms with Gasteiger partial charge in [-0.2, -0.15) is 8.78 Å². The highest BCUT2D eigenvalue weighted by Crippen LogP contribution is 2.24. The van der Waals surface area contributed by atoms with E-state index in [2.05, 4.69) is 5.10 Å². The van der Waals surface area contributed by atoms with Gasteiger partial charge >= 0.3 is 12.5 Å². The lowest BCUT2D eigenvalue weighted by molar-refractivity contribution is -0.180. The molecule has 1 aliphatic heterocycles. The number of pyridine rings is 1. The summed E-state index contributed by atoms with van der Waals surface area (Å²) >= 11 is 0. The third kappa shape index (κ3) is 3.39. The van der Waals surface area contributed by atoms with Crippen LogP contribution in [0, 0.1) is 0 Å². The highest BCUT2D eigenvalue weighted by molar-refractivity contribution is 6.00. The van der Waals surface area contributed by atoms with Gasteiger partial charge in [0.25, 0.3) is 11.5 Å². The van der Waals surface area contributed by atoms with E-state index in [-0.39, 0.29) is 29.2 Å². The molecular weight excluding hydrogens is 382 g/mol. The van der Waals surface area contributed by atoms with Gasteiger partial charge in [-0.1, -0.05) is 0 Å². The Labute approximate surface area is 156 Å². The van der Waals surface area contributed by atoms with Crippen LogP contribution in [0.25, 0.3) is 5.69 Å². The summed E-state index contributed by atoms with van der Waals surface area (Å²) in [5.74, 6) is -2.32. The molecule has 1 fully saturated rings. The highest BCUT2D eigenvalue weighted by Gasteiger charge is 2.49. The van der Waals surface area contributed by atoms with Crippen molar-refractivity contribution in [2.75, 3.05) is 18.1 Å². The predicted molar refractivity (Wildman–Crippen MR) is 89.4 cm³/mol. The minimum atomic E-state index is -3.03. The van der Waals surface area contributed by atoms with Crippen molar-refractivity contribution >= 4 is 17.7 Å². The number of ether oxygens (including phenoxy) is 1. The van der Waals surface area contributed by atoms with Gasteiger partial charge in [0.15, 0.2) is 17.5 Å². The first-order valence-electron chi connectivity index (χ1n) is 8.08. The Morgan fingerprint density at radius 1 is 1.36 bits per heavy atom. The van der Waals surface area contributed by atoms with E-state index in [0.29, 0.717) is 0 Å². The van der Waals surface area contributed by atoms with Crippen molar-refractivity contribution < 1.29 is 33.3 Å². The van der Waals surface area contributed by atoms with Crippen LogP contribution in [0.1, 0.15) is 13.5 Å². The number of aliphatic carboxylic acids is 1. The number of hydrogen-bond donors (Lipinski definition) is 2. The fourth-order valence-electron chi connectivity index (χ4n) is 2.71. The molecule has 1 aliphatic rings. The monoisotopic (exact) mass is 398 g/mol. The van der Waals surface area contributed by atoms with Crippen LogP contribution in [0.4, 0.5) is 14.6 Å². The number of carbonyl (C=O) groups excluding carboxylic acids is 1. The third-order valence-electron chi connectivity index (χ3n) is 4.28. The molecule has 150 valence electrons. The maximum Gasteiger partial charge on any atom is 0.338 e. The van der Waals surface area contributed by atoms with Crippen molar-refractivity contribution in [3.05, 3.63) is 40.9 Å². The van der Waals surface area contributed by atoms with Gasteiger partial charge in [0.05, 0.1) is 18.8 Å². The molecule has 0 spiro atoms. The van der Waals surface area contributed by atoms with Gasteiger partial charge in [0.2, 0.25) is 0 Å². The van der Waals surface area contributed by atoms with Gasteiger partial charge in [-0.3, -0.25) is 19.1 Å². The summed E-state index contributed by atoms with van der Waals surface area (Å²) in [5.41, 5.74) is -3.17. The Balaban J connectivity index is 1.90. The third-order valence-corrected chi connectivity index (χ3v) is 4.28. The molecule has 0 aromatic carbocycles. The summed E-state index contributed by atoms with van der Waals surface area (Å²) in [6.45, 7) is -2.06. The minimum absolute atomic E-state index is 0.0387. The van der Waals surface area contributed by atoms with Crippen molar-refractivity contribution in [2.45, 2.75) is 25.2 Å². The summed E-state index contributed by atoms with van der Waals surface area (Å²) in [7, 11) is 0. The zero-order valence-corrected chi connectivity index (χ0v) is 14.5. The molecular formula is C16H16F2N4O6. The first-order chi connectivity index (χ1) is 13.1. The Morgan fingerprint density at radius 3 is 2.71 bits per heavy atom. The highest BCUT2D eigenvalue weighted by atomic mass is 19.3. The molecule has 0 saturated carbocycles. The van der Waals surface area contributed by atoms with Crippen molar-refractivity contribution in [1.29, 1.82) is 0 Å². The molecule has 2 aromatic rings. The number of nitrogens with zero attached hydrogens (tertiary/aromatic N) is 4. The van der Waals surface area contributed by atoms with Crippen molar-refractivity contribution in [3.8, 4) is 5.69 Å². The number of aromatic nitrogens is 3. The molecule has 12 heteroatoms. The van der Waals surface area contributed by atoms with Gasteiger partial charge in [0, 0.05) is 24.5 Å². The number of halogens is 2. The van der Waals surface area contributed by atoms with E-state index < -0.39 is 35.7 Å². The lowest BCUT2D eigenvalue weighted by Gasteiger charge is -2.36. The van der Waals surface area contributed by atoms with Crippen molar-refractivity contribution in [2.24, 2.45) is 0 Å². The van der Waals surface area contributed by atoms with E-state index >= 15 is 0 Å². The minimum Gasteiger partial charge on any atom is -0.479 e. The molecule has 0 bridgehead atoms. The molecule has 2 aromatic heterocycles. The quantitative estimate of drug-likeness (QED) is 0.726. The second-order valence-corrected chi connectivity index (χ2v) is 6.22. The SMILES string of the molecule is CC(O)(C(=O)O)C1OCCN(c2ccn(-c3ccc(=O)n(C(F)F)c3)n2)C1=O. The van der Waals surface area contributed by atoms with E-state index in [1.54, 1.807) is 0 Å². The average Bonchev–Trinajstić information content (AvgIpc) is 3.11. The Morgan fingerprint density at radius 2 is 2.07 bits per heavy atom. The average molecular weight is 398 g/mol. The molecule has 1 saturated heterocycles. The van der Waals surface area contributed by atoms with Gasteiger partial charge in [-0.15, -0.1) is 5.10 Å². The van der Waals surface area contributed by atoms with Crippen molar-refractivity contribution in [1.82, 2.24) is 14.3 Å². The molecule has 10 nitrogen and oxygen atoms in total. The van der Waals surface area contributed by atoms with Crippen LogP contribution >= 0.6 is 0 Å². The number of aliphatic hydroxyl groups is 1. The predicted octanol–water partition coefficient (Wildman–Crippen LogP) is -0.00350. The zero-order chi connectivity index (χ0) is 20.6. The Bertz CT molecular complexity index is 970. The smallest absolute Gasteiger partial charge is 0.338 e. The molecule has 2 unspecified atom stereocenters. The zero-order valence-electron chi connectivity index (χ0n) is 14.5. The topological polar surface area (TPSA) is 127 Å². The molecule has 3 heterocycles. The number of alkyl halides is 2. The fraction of sp³-hybridized carbons (Fsp3) is 0.375. The molecule has 3 rings (SSSR count). The molecule has 28 heavy (non-hydrogen) atoms. The fourth-order valence-corrected chi connectivity index (χ4v) is 2.71. The van der Waals surface area contributed by atoms with E-state index in [1.165, 1.54) is 23.0 Å². The number of amides is 1. The second kappa shape index (κ2) is 7.13. The summed E-state index contributed by atoms with van der Waals surface area (Å²) in [4.78, 5) is 36.4. The summed E-state index contributed by atoms with van der Waals surface area (Å²) in [6.07, 6.45) is 0.672. The molecule has 2 atom stereocenters. The van der Waals surface area contributed by atoms with E-state index in [4.69, 9.17) is 9.84 Å². The molecule has 0 aliphatic carbocycles. The standard InChI is InChI=1S/C16H16F2N4O6/c1-16(27,14(25)26)12-13(24)20(6-7-28-12)10-4-5-22(19-10)9-2-3-11(23)21(8-9)15(17)18/h2-5,8,12,15,27H,6-7H2,1H3,(H,25,26). The van der Waals surface area contributed by atoms with Gasteiger partial charge in [-0.25, -0.2) is 9.48 Å². The van der Waals surface area contributed by atoms with Crippen molar-refractivity contribution in [3.63, 3.8) is 0 Å². The number of carboxylic acids is 1. The van der Waals surface area contributed by atoms with Gasteiger partial charge in [0.1, 0.15) is 0 Å². The number of hydrogen-bond acceptors (Lipinski definition) is 6. The Hall–Kier alpha value is -3.12. The Kier molecular flexibility index (Phi) is 5.00. The first kappa shape index (κ1) is 19.6. The number of carboxylic acid groups (broad SMARTS) is 1. The van der Waals surface area contributed by atoms with E-state index in [0.717, 1.165) is 24.1 Å². The number of anilines is 1. The number of rotatable bonds is 5. The van der Waals surface area contributed by atoms with Gasteiger partial charge < -0.3 is 14.9 Å². The van der Waals surface area contributed by atoms with Gasteiger partial charge in [-0.05, 0) is 13.0 Å². The lowest BCUT2D eigenvalue weighted by atomic mass is 9.97. The first-order valence-corrected chi connectivity index (χ1v) is 8.08. The summed E-state index contributed by atoms with van der Waals surface area (Å²) in [5, 5.41) is 23.3. The molecule has 2 N–H and O–H groups in total. The van der Waals surface area contributed by atoms with Crippen LogP contribution < -0.4 is 10.5 Å². The van der Waals surface area contributed by atoms with E-state index in [9.17, 15) is 28.3 Å². The van der Waals surface area contributed by atoms with Crippen LogP contribution in [-0.2, 0) is 14.3 Å². The maximum atomic E-state index is 12.9. The van der Waals surface area contributed by atoms with E-state index in [1.807, 2.05) is 0 Å². The summed E-state index contributed by atoms with van der Waals surface area (Å²) < 4.78 is 32.3. The maximum absolute atomic E-state index is 12.9. The van der Waals surface area contributed by atoms with Crippen LogP contribution in [0.5, 0.6) is 0 Å². The van der Waals surface area contributed by atoms with Crippen LogP contribution in [0.15, 0.2) is 35.4 Å². The van der Waals surface area contributed by atoms with Crippen LogP contribution in [0.2, 0.25) is 0 Å². The van der Waals surface area contributed by atoms with Crippen LogP contribution in [-0.4, -0.2) is 61.3 Å². The normalized spacial score (nSPS) is 19.7. The number of carbonyl (C=O) groups is 2. The molecule has 1 amide bonds. The lowest BCUT2D eigenvalue weighted by Crippen LogP contribution is -2.60.